The lowest BCUT2D eigenvalue weighted by Crippen LogP contribution is -2.16. The molecule has 9 heteroatoms. The van der Waals surface area contributed by atoms with Gasteiger partial charge in [0.1, 0.15) is 11.3 Å². The molecule has 1 amide bonds. The number of aromatic carboxylic acids is 1. The summed E-state index contributed by atoms with van der Waals surface area (Å²) in [5.41, 5.74) is 1.12. The normalized spacial score (nSPS) is 10.5. The number of hydrogen-bond donors (Lipinski definition) is 2. The second-order valence-corrected chi connectivity index (χ2v) is 5.60. The van der Waals surface area contributed by atoms with Crippen LogP contribution in [-0.4, -0.2) is 43.7 Å². The van der Waals surface area contributed by atoms with Crippen molar-refractivity contribution in [3.05, 3.63) is 59.7 Å². The van der Waals surface area contributed by atoms with Crippen molar-refractivity contribution >= 4 is 17.6 Å². The number of carboxylic acid groups (broad SMARTS) is 1. The number of carboxylic acids is 1. The minimum atomic E-state index is -1.21. The summed E-state index contributed by atoms with van der Waals surface area (Å²) in [4.78, 5) is 23.5. The van der Waals surface area contributed by atoms with Crippen molar-refractivity contribution in [2.45, 2.75) is 6.54 Å². The van der Waals surface area contributed by atoms with Crippen molar-refractivity contribution < 1.29 is 19.4 Å². The number of anilines is 1. The van der Waals surface area contributed by atoms with E-state index in [-0.39, 0.29) is 11.3 Å². The Labute approximate surface area is 148 Å². The second-order valence-electron chi connectivity index (χ2n) is 5.60. The zero-order valence-corrected chi connectivity index (χ0v) is 14.2. The van der Waals surface area contributed by atoms with E-state index in [1.807, 2.05) is 24.3 Å². The molecule has 26 heavy (non-hydrogen) atoms. The Morgan fingerprint density at radius 3 is 2.85 bits per heavy atom. The monoisotopic (exact) mass is 355 g/mol. The summed E-state index contributed by atoms with van der Waals surface area (Å²) in [5.74, 6) is -1.07. The van der Waals surface area contributed by atoms with Gasteiger partial charge in [-0.05, 0) is 17.7 Å². The van der Waals surface area contributed by atoms with Gasteiger partial charge in [0, 0.05) is 19.4 Å². The largest absolute Gasteiger partial charge is 0.497 e. The zero-order chi connectivity index (χ0) is 18.7. The molecule has 0 aliphatic carbocycles. The van der Waals surface area contributed by atoms with E-state index in [2.05, 4.69) is 15.5 Å². The van der Waals surface area contributed by atoms with Crippen LogP contribution in [0.25, 0.3) is 0 Å². The van der Waals surface area contributed by atoms with Crippen LogP contribution in [0.2, 0.25) is 0 Å². The van der Waals surface area contributed by atoms with Crippen LogP contribution in [0, 0.1) is 0 Å². The van der Waals surface area contributed by atoms with Gasteiger partial charge < -0.3 is 15.2 Å². The van der Waals surface area contributed by atoms with Crippen molar-refractivity contribution in [3.63, 3.8) is 0 Å². The van der Waals surface area contributed by atoms with Crippen molar-refractivity contribution in [3.8, 4) is 5.75 Å². The molecule has 1 aromatic carbocycles. The molecular formula is C17H17N5O4. The Bertz CT molecular complexity index is 960. The Hall–Kier alpha value is -3.62. The molecule has 0 bridgehead atoms. The minimum Gasteiger partial charge on any atom is -0.497 e. The molecule has 0 aliphatic rings. The number of carbonyl (C=O) groups is 2. The lowest BCUT2D eigenvalue weighted by Gasteiger charge is -2.04. The summed E-state index contributed by atoms with van der Waals surface area (Å²) in [6, 6.07) is 7.57. The number of nitrogens with one attached hydrogen (secondary N) is 1. The van der Waals surface area contributed by atoms with Gasteiger partial charge in [0.05, 0.1) is 25.5 Å². The highest BCUT2D eigenvalue weighted by Crippen LogP contribution is 2.15. The van der Waals surface area contributed by atoms with Gasteiger partial charge >= 0.3 is 5.97 Å². The predicted octanol–water partition coefficient (Wildman–Crippen LogP) is 1.62. The summed E-state index contributed by atoms with van der Waals surface area (Å²) >= 11 is 0. The molecule has 134 valence electrons. The Morgan fingerprint density at radius 2 is 2.12 bits per heavy atom. The number of aryl methyl sites for hydroxylation is 1. The van der Waals surface area contributed by atoms with Gasteiger partial charge in [0.2, 0.25) is 0 Å². The maximum absolute atomic E-state index is 12.3. The van der Waals surface area contributed by atoms with Crippen molar-refractivity contribution in [2.75, 3.05) is 12.4 Å². The summed E-state index contributed by atoms with van der Waals surface area (Å²) < 4.78 is 8.12. The summed E-state index contributed by atoms with van der Waals surface area (Å²) in [6.45, 7) is 0.497. The van der Waals surface area contributed by atoms with Gasteiger partial charge in [-0.15, -0.1) is 0 Å². The van der Waals surface area contributed by atoms with E-state index in [1.54, 1.807) is 25.0 Å². The number of ether oxygens (including phenoxy) is 1. The van der Waals surface area contributed by atoms with Crippen LogP contribution in [0.4, 0.5) is 5.69 Å². The van der Waals surface area contributed by atoms with Crippen LogP contribution < -0.4 is 10.1 Å². The highest BCUT2D eigenvalue weighted by molar-refractivity contribution is 6.09. The molecule has 0 aliphatic heterocycles. The van der Waals surface area contributed by atoms with E-state index >= 15 is 0 Å². The molecule has 0 saturated carbocycles. The lowest BCUT2D eigenvalue weighted by atomic mass is 10.2. The van der Waals surface area contributed by atoms with E-state index in [1.165, 1.54) is 17.1 Å². The molecule has 0 saturated heterocycles. The molecule has 3 aromatic rings. The van der Waals surface area contributed by atoms with E-state index in [9.17, 15) is 9.59 Å². The molecule has 0 radical (unpaired) electrons. The minimum absolute atomic E-state index is 0.152. The zero-order valence-electron chi connectivity index (χ0n) is 14.2. The van der Waals surface area contributed by atoms with E-state index in [0.29, 0.717) is 12.2 Å². The van der Waals surface area contributed by atoms with E-state index < -0.39 is 11.9 Å². The summed E-state index contributed by atoms with van der Waals surface area (Å²) in [5, 5.41) is 19.9. The maximum Gasteiger partial charge on any atom is 0.339 e. The van der Waals surface area contributed by atoms with Crippen LogP contribution in [0.1, 0.15) is 26.4 Å². The number of amides is 1. The van der Waals surface area contributed by atoms with E-state index in [4.69, 9.17) is 9.84 Å². The molecule has 0 fully saturated rings. The van der Waals surface area contributed by atoms with Crippen molar-refractivity contribution in [2.24, 2.45) is 7.05 Å². The smallest absolute Gasteiger partial charge is 0.339 e. The third-order valence-corrected chi connectivity index (χ3v) is 3.64. The number of nitrogens with zero attached hydrogens (tertiary/aromatic N) is 4. The van der Waals surface area contributed by atoms with Gasteiger partial charge in [-0.2, -0.15) is 10.2 Å². The molecule has 9 nitrogen and oxygen atoms in total. The lowest BCUT2D eigenvalue weighted by molar-refractivity contribution is 0.0692. The molecule has 0 atom stereocenters. The van der Waals surface area contributed by atoms with Crippen LogP contribution in [0.15, 0.2) is 42.9 Å². The van der Waals surface area contributed by atoms with Gasteiger partial charge in [-0.3, -0.25) is 14.2 Å². The average Bonchev–Trinajstić information content (AvgIpc) is 3.21. The van der Waals surface area contributed by atoms with E-state index in [0.717, 1.165) is 11.3 Å². The number of methoxy groups -OCH3 is 1. The van der Waals surface area contributed by atoms with Crippen LogP contribution >= 0.6 is 0 Å². The first-order valence-electron chi connectivity index (χ1n) is 7.70. The highest BCUT2D eigenvalue weighted by atomic mass is 16.5. The fourth-order valence-corrected chi connectivity index (χ4v) is 2.48. The van der Waals surface area contributed by atoms with Crippen molar-refractivity contribution in [1.29, 1.82) is 0 Å². The second kappa shape index (κ2) is 7.09. The molecule has 2 N–H and O–H groups in total. The fraction of sp³-hybridized carbons (Fsp3) is 0.176. The Balaban J connectivity index is 1.72. The molecule has 3 rings (SSSR count). The highest BCUT2D eigenvalue weighted by Gasteiger charge is 2.21. The van der Waals surface area contributed by atoms with Gasteiger partial charge in [-0.1, -0.05) is 12.1 Å². The average molecular weight is 355 g/mol. The number of benzene rings is 1. The first-order chi connectivity index (χ1) is 12.5. The summed E-state index contributed by atoms with van der Waals surface area (Å²) in [6.07, 6.45) is 4.42. The fourth-order valence-electron chi connectivity index (χ4n) is 2.48. The number of aromatic nitrogens is 4. The van der Waals surface area contributed by atoms with Crippen molar-refractivity contribution in [1.82, 2.24) is 19.6 Å². The molecule has 2 heterocycles. The molecular weight excluding hydrogens is 338 g/mol. The van der Waals surface area contributed by atoms with Gasteiger partial charge in [0.15, 0.2) is 5.69 Å². The number of hydrogen-bond acceptors (Lipinski definition) is 5. The van der Waals surface area contributed by atoms with Gasteiger partial charge in [-0.25, -0.2) is 4.79 Å². The third-order valence-electron chi connectivity index (χ3n) is 3.64. The number of rotatable bonds is 6. The Kier molecular flexibility index (Phi) is 4.70. The molecule has 0 spiro atoms. The topological polar surface area (TPSA) is 111 Å². The quantitative estimate of drug-likeness (QED) is 0.695. The Morgan fingerprint density at radius 1 is 1.31 bits per heavy atom. The summed E-state index contributed by atoms with van der Waals surface area (Å²) in [7, 11) is 3.15. The van der Waals surface area contributed by atoms with Crippen LogP contribution in [-0.2, 0) is 13.6 Å². The van der Waals surface area contributed by atoms with Crippen LogP contribution in [0.3, 0.4) is 0 Å². The predicted molar refractivity (Wildman–Crippen MR) is 92.4 cm³/mol. The SMILES string of the molecule is COc1cccc(Cn2cc(NC(=O)c3nn(C)cc3C(=O)O)cn2)c1. The first-order valence-corrected chi connectivity index (χ1v) is 7.70. The standard InChI is InChI=1S/C17H17N5O4/c1-21-10-14(17(24)25)15(20-21)16(23)19-12-7-18-22(9-12)8-11-4-3-5-13(6-11)26-2/h3-7,9-10H,8H2,1-2H3,(H,19,23)(H,24,25). The van der Waals surface area contributed by atoms with Gasteiger partial charge in [0.25, 0.3) is 5.91 Å². The molecule has 0 unspecified atom stereocenters. The number of carbonyl (C=O) groups excluding carboxylic acids is 1. The van der Waals surface area contributed by atoms with Crippen LogP contribution in [0.5, 0.6) is 5.75 Å². The maximum atomic E-state index is 12.3. The molecule has 2 aromatic heterocycles. The third kappa shape index (κ3) is 3.72. The first kappa shape index (κ1) is 17.2.